The van der Waals surface area contributed by atoms with Crippen molar-refractivity contribution in [3.05, 3.63) is 29.7 Å². The summed E-state index contributed by atoms with van der Waals surface area (Å²) < 4.78 is 5.01. The highest BCUT2D eigenvalue weighted by Crippen LogP contribution is 2.23. The number of furan rings is 1. The Morgan fingerprint density at radius 2 is 2.25 bits per heavy atom. The van der Waals surface area contributed by atoms with Gasteiger partial charge in [-0.25, -0.2) is 4.98 Å². The van der Waals surface area contributed by atoms with Crippen molar-refractivity contribution < 1.29 is 9.21 Å². The fourth-order valence-electron chi connectivity index (χ4n) is 1.74. The summed E-state index contributed by atoms with van der Waals surface area (Å²) >= 11 is 1.42. The first-order valence-electron chi connectivity index (χ1n) is 6.63. The molecule has 0 aliphatic carbocycles. The molecule has 0 aliphatic heterocycles. The first-order chi connectivity index (χ1) is 9.58. The molecule has 6 heteroatoms. The second-order valence-electron chi connectivity index (χ2n) is 4.80. The van der Waals surface area contributed by atoms with E-state index in [-0.39, 0.29) is 11.4 Å². The van der Waals surface area contributed by atoms with Crippen molar-refractivity contribution in [1.29, 1.82) is 0 Å². The van der Waals surface area contributed by atoms with Gasteiger partial charge < -0.3 is 15.5 Å². The van der Waals surface area contributed by atoms with Crippen molar-refractivity contribution in [2.45, 2.75) is 32.2 Å². The number of nitrogens with one attached hydrogen (secondary N) is 1. The number of rotatable bonds is 6. The van der Waals surface area contributed by atoms with Gasteiger partial charge in [-0.1, -0.05) is 13.8 Å². The Kier molecular flexibility index (Phi) is 4.57. The van der Waals surface area contributed by atoms with E-state index in [0.717, 1.165) is 23.4 Å². The average Bonchev–Trinajstić information content (AvgIpc) is 3.14. The lowest BCUT2D eigenvalue weighted by Crippen LogP contribution is -2.49. The van der Waals surface area contributed by atoms with Crippen LogP contribution in [-0.2, 0) is 0 Å². The number of carbonyl (C=O) groups is 1. The van der Waals surface area contributed by atoms with Gasteiger partial charge in [-0.15, -0.1) is 11.3 Å². The van der Waals surface area contributed by atoms with Gasteiger partial charge in [0.1, 0.15) is 17.0 Å². The fraction of sp³-hybridized carbons (Fsp3) is 0.429. The van der Waals surface area contributed by atoms with E-state index in [0.29, 0.717) is 12.2 Å². The van der Waals surface area contributed by atoms with E-state index < -0.39 is 0 Å². The quantitative estimate of drug-likeness (QED) is 0.858. The molecule has 0 saturated carbocycles. The third-order valence-electron chi connectivity index (χ3n) is 3.51. The number of hydrogen-bond donors (Lipinski definition) is 2. The van der Waals surface area contributed by atoms with Crippen molar-refractivity contribution in [2.24, 2.45) is 5.73 Å². The van der Waals surface area contributed by atoms with E-state index in [2.05, 4.69) is 10.3 Å². The molecule has 0 spiro atoms. The van der Waals surface area contributed by atoms with Crippen molar-refractivity contribution in [1.82, 2.24) is 10.3 Å². The van der Waals surface area contributed by atoms with Crippen LogP contribution in [0.3, 0.4) is 0 Å². The highest BCUT2D eigenvalue weighted by Gasteiger charge is 2.22. The number of thiazole rings is 1. The van der Waals surface area contributed by atoms with E-state index in [4.69, 9.17) is 10.2 Å². The minimum atomic E-state index is -0.348. The number of aromatic nitrogens is 1. The molecule has 20 heavy (non-hydrogen) atoms. The molecule has 0 aromatic carbocycles. The smallest absolute Gasteiger partial charge is 0.270 e. The molecule has 0 saturated heterocycles. The molecule has 2 aromatic heterocycles. The predicted octanol–water partition coefficient (Wildman–Crippen LogP) is 2.65. The van der Waals surface area contributed by atoms with Crippen LogP contribution in [0, 0.1) is 0 Å². The minimum absolute atomic E-state index is 0.187. The molecule has 0 fully saturated rings. The van der Waals surface area contributed by atoms with Gasteiger partial charge >= 0.3 is 0 Å². The van der Waals surface area contributed by atoms with Gasteiger partial charge in [0.15, 0.2) is 0 Å². The molecule has 0 unspecified atom stereocenters. The van der Waals surface area contributed by atoms with Gasteiger partial charge in [-0.3, -0.25) is 4.79 Å². The van der Waals surface area contributed by atoms with Crippen molar-refractivity contribution in [2.75, 3.05) is 6.54 Å². The summed E-state index contributed by atoms with van der Waals surface area (Å²) in [5.41, 5.74) is 7.11. The maximum atomic E-state index is 12.1. The first-order valence-corrected chi connectivity index (χ1v) is 7.51. The number of amides is 1. The molecule has 3 N–H and O–H groups in total. The van der Waals surface area contributed by atoms with E-state index in [1.54, 1.807) is 17.9 Å². The lowest BCUT2D eigenvalue weighted by atomic mass is 9.94. The maximum Gasteiger partial charge on any atom is 0.270 e. The largest absolute Gasteiger partial charge is 0.472 e. The van der Waals surface area contributed by atoms with Crippen molar-refractivity contribution >= 4 is 17.2 Å². The normalized spacial score (nSPS) is 11.6. The van der Waals surface area contributed by atoms with Crippen LogP contribution >= 0.6 is 11.3 Å². The number of nitrogens with zero attached hydrogens (tertiary/aromatic N) is 1. The van der Waals surface area contributed by atoms with Crippen LogP contribution in [0.25, 0.3) is 10.6 Å². The lowest BCUT2D eigenvalue weighted by Gasteiger charge is -2.26. The van der Waals surface area contributed by atoms with Crippen LogP contribution in [-0.4, -0.2) is 23.0 Å². The topological polar surface area (TPSA) is 81.1 Å². The second-order valence-corrected chi connectivity index (χ2v) is 5.66. The molecule has 5 nitrogen and oxygen atoms in total. The number of hydrogen-bond acceptors (Lipinski definition) is 5. The third kappa shape index (κ3) is 3.26. The summed E-state index contributed by atoms with van der Waals surface area (Å²) in [6.07, 6.45) is 4.84. The molecule has 108 valence electrons. The Bertz CT molecular complexity index is 559. The molecule has 0 aliphatic rings. The van der Waals surface area contributed by atoms with E-state index in [1.807, 2.05) is 19.9 Å². The first kappa shape index (κ1) is 14.7. The van der Waals surface area contributed by atoms with Gasteiger partial charge in [0.25, 0.3) is 5.91 Å². The molecular formula is C14H19N3O2S. The van der Waals surface area contributed by atoms with E-state index in [1.165, 1.54) is 11.3 Å². The standard InChI is InChI=1S/C14H19N3O2S/c1-3-14(15,4-2)9-16-12(18)11-8-20-13(17-11)10-5-6-19-7-10/h5-8H,3-4,9,15H2,1-2H3,(H,16,18). The van der Waals surface area contributed by atoms with Gasteiger partial charge in [-0.05, 0) is 18.9 Å². The van der Waals surface area contributed by atoms with E-state index in [9.17, 15) is 4.79 Å². The Balaban J connectivity index is 2.00. The summed E-state index contributed by atoms with van der Waals surface area (Å²) in [6, 6.07) is 1.82. The summed E-state index contributed by atoms with van der Waals surface area (Å²) in [5, 5.41) is 5.37. The van der Waals surface area contributed by atoms with Crippen LogP contribution in [0.4, 0.5) is 0 Å². The third-order valence-corrected chi connectivity index (χ3v) is 4.41. The average molecular weight is 293 g/mol. The van der Waals surface area contributed by atoms with Crippen LogP contribution in [0.1, 0.15) is 37.2 Å². The monoisotopic (exact) mass is 293 g/mol. The highest BCUT2D eigenvalue weighted by molar-refractivity contribution is 7.13. The Labute approximate surface area is 122 Å². The summed E-state index contributed by atoms with van der Waals surface area (Å²) in [7, 11) is 0. The fourth-order valence-corrected chi connectivity index (χ4v) is 2.53. The minimum Gasteiger partial charge on any atom is -0.472 e. The van der Waals surface area contributed by atoms with E-state index >= 15 is 0 Å². The molecule has 0 radical (unpaired) electrons. The summed E-state index contributed by atoms with van der Waals surface area (Å²) in [5.74, 6) is -0.187. The summed E-state index contributed by atoms with van der Waals surface area (Å²) in [4.78, 5) is 16.4. The van der Waals surface area contributed by atoms with Gasteiger partial charge in [0.2, 0.25) is 0 Å². The second kappa shape index (κ2) is 6.19. The number of carbonyl (C=O) groups excluding carboxylic acids is 1. The van der Waals surface area contributed by atoms with Crippen LogP contribution < -0.4 is 11.1 Å². The zero-order chi connectivity index (χ0) is 14.6. The lowest BCUT2D eigenvalue weighted by molar-refractivity contribution is 0.0938. The Morgan fingerprint density at radius 1 is 1.50 bits per heavy atom. The zero-order valence-corrected chi connectivity index (χ0v) is 12.5. The predicted molar refractivity (Wildman–Crippen MR) is 79.6 cm³/mol. The molecule has 2 rings (SSSR count). The SMILES string of the molecule is CCC(N)(CC)CNC(=O)c1csc(-c2ccoc2)n1. The van der Waals surface area contributed by atoms with Crippen LogP contribution in [0.15, 0.2) is 28.4 Å². The Hall–Kier alpha value is -1.66. The Morgan fingerprint density at radius 3 is 2.85 bits per heavy atom. The zero-order valence-electron chi connectivity index (χ0n) is 11.7. The molecule has 2 heterocycles. The van der Waals surface area contributed by atoms with Crippen molar-refractivity contribution in [3.8, 4) is 10.6 Å². The molecular weight excluding hydrogens is 274 g/mol. The molecule has 0 atom stereocenters. The van der Waals surface area contributed by atoms with Crippen LogP contribution in [0.5, 0.6) is 0 Å². The summed E-state index contributed by atoms with van der Waals surface area (Å²) in [6.45, 7) is 4.50. The maximum absolute atomic E-state index is 12.1. The van der Waals surface area contributed by atoms with Crippen LogP contribution in [0.2, 0.25) is 0 Å². The van der Waals surface area contributed by atoms with Gasteiger partial charge in [-0.2, -0.15) is 0 Å². The molecule has 0 bridgehead atoms. The number of nitrogens with two attached hydrogens (primary N) is 1. The van der Waals surface area contributed by atoms with Crippen molar-refractivity contribution in [3.63, 3.8) is 0 Å². The molecule has 2 aromatic rings. The van der Waals surface area contributed by atoms with Gasteiger partial charge in [0.05, 0.1) is 6.26 Å². The highest BCUT2D eigenvalue weighted by atomic mass is 32.1. The molecule has 1 amide bonds. The van der Waals surface area contributed by atoms with Gasteiger partial charge in [0, 0.05) is 23.0 Å².